The molecule has 7 heteroatoms. The van der Waals surface area contributed by atoms with Crippen LogP contribution in [0.2, 0.25) is 5.02 Å². The Morgan fingerprint density at radius 2 is 1.85 bits per heavy atom. The van der Waals surface area contributed by atoms with E-state index in [0.29, 0.717) is 34.5 Å². The van der Waals surface area contributed by atoms with Crippen molar-refractivity contribution < 1.29 is 19.0 Å². The SMILES string of the molecule is COc1cccc(OCCNC(=O)Nc2c(C)cc(C)cc2Cl)c1OC. The quantitative estimate of drug-likeness (QED) is 0.709. The number of methoxy groups -OCH3 is 2. The van der Waals surface area contributed by atoms with Gasteiger partial charge < -0.3 is 24.8 Å². The molecule has 6 nitrogen and oxygen atoms in total. The molecule has 26 heavy (non-hydrogen) atoms. The van der Waals surface area contributed by atoms with Gasteiger partial charge in [0.05, 0.1) is 31.5 Å². The van der Waals surface area contributed by atoms with E-state index in [0.717, 1.165) is 11.1 Å². The summed E-state index contributed by atoms with van der Waals surface area (Å²) in [4.78, 5) is 12.1. The van der Waals surface area contributed by atoms with Gasteiger partial charge >= 0.3 is 6.03 Å². The van der Waals surface area contributed by atoms with Gasteiger partial charge in [0.25, 0.3) is 0 Å². The molecule has 2 N–H and O–H groups in total. The largest absolute Gasteiger partial charge is 0.493 e. The van der Waals surface area contributed by atoms with Crippen molar-refractivity contribution in [2.75, 3.05) is 32.7 Å². The molecule has 2 aromatic carbocycles. The second kappa shape index (κ2) is 9.20. The fourth-order valence-corrected chi connectivity index (χ4v) is 2.90. The smallest absolute Gasteiger partial charge is 0.319 e. The Kier molecular flexibility index (Phi) is 6.97. The van der Waals surface area contributed by atoms with Crippen LogP contribution in [0.3, 0.4) is 0 Å². The Bertz CT molecular complexity index is 757. The Balaban J connectivity index is 1.86. The summed E-state index contributed by atoms with van der Waals surface area (Å²) in [5, 5.41) is 6.00. The Labute approximate surface area is 158 Å². The van der Waals surface area contributed by atoms with Crippen LogP contribution in [0.25, 0.3) is 0 Å². The molecule has 0 unspecified atom stereocenters. The fourth-order valence-electron chi connectivity index (χ4n) is 2.53. The monoisotopic (exact) mass is 378 g/mol. The molecule has 0 aromatic heterocycles. The number of hydrogen-bond acceptors (Lipinski definition) is 4. The maximum absolute atomic E-state index is 12.1. The molecular weight excluding hydrogens is 356 g/mol. The van der Waals surface area contributed by atoms with Crippen LogP contribution in [0.1, 0.15) is 11.1 Å². The minimum Gasteiger partial charge on any atom is -0.493 e. The normalized spacial score (nSPS) is 10.2. The lowest BCUT2D eigenvalue weighted by molar-refractivity contribution is 0.245. The minimum atomic E-state index is -0.347. The molecule has 0 aliphatic heterocycles. The number of hydrogen-bond donors (Lipinski definition) is 2. The number of aryl methyl sites for hydroxylation is 2. The zero-order valence-corrected chi connectivity index (χ0v) is 16.1. The van der Waals surface area contributed by atoms with E-state index in [1.165, 1.54) is 0 Å². The number of carbonyl (C=O) groups excluding carboxylic acids is 1. The van der Waals surface area contributed by atoms with E-state index in [4.69, 9.17) is 25.8 Å². The van der Waals surface area contributed by atoms with Crippen molar-refractivity contribution in [3.8, 4) is 17.2 Å². The molecule has 0 saturated heterocycles. The molecule has 2 amide bonds. The van der Waals surface area contributed by atoms with Gasteiger partial charge in [-0.3, -0.25) is 0 Å². The summed E-state index contributed by atoms with van der Waals surface area (Å²) in [7, 11) is 3.11. The van der Waals surface area contributed by atoms with Gasteiger partial charge in [-0.2, -0.15) is 0 Å². The summed E-state index contributed by atoms with van der Waals surface area (Å²) in [6.45, 7) is 4.44. The molecule has 0 radical (unpaired) electrons. The Morgan fingerprint density at radius 1 is 1.12 bits per heavy atom. The molecule has 0 heterocycles. The first-order valence-corrected chi connectivity index (χ1v) is 8.49. The average Bonchev–Trinajstić information content (AvgIpc) is 2.61. The van der Waals surface area contributed by atoms with E-state index in [-0.39, 0.29) is 12.6 Å². The van der Waals surface area contributed by atoms with Crippen molar-refractivity contribution in [3.63, 3.8) is 0 Å². The molecule has 140 valence electrons. The summed E-state index contributed by atoms with van der Waals surface area (Å²) in [5.74, 6) is 1.65. The molecule has 0 aliphatic carbocycles. The van der Waals surface area contributed by atoms with E-state index in [1.54, 1.807) is 32.4 Å². The number of amides is 2. The van der Waals surface area contributed by atoms with Crippen LogP contribution in [0.15, 0.2) is 30.3 Å². The molecular formula is C19H23ClN2O4. The number of nitrogens with one attached hydrogen (secondary N) is 2. The topological polar surface area (TPSA) is 68.8 Å². The number of ether oxygens (including phenoxy) is 3. The van der Waals surface area contributed by atoms with Crippen LogP contribution < -0.4 is 24.8 Å². The van der Waals surface area contributed by atoms with E-state index < -0.39 is 0 Å². The van der Waals surface area contributed by atoms with Crippen molar-refractivity contribution in [3.05, 3.63) is 46.5 Å². The number of urea groups is 1. The van der Waals surface area contributed by atoms with Crippen LogP contribution in [-0.4, -0.2) is 33.4 Å². The van der Waals surface area contributed by atoms with Crippen molar-refractivity contribution >= 4 is 23.3 Å². The van der Waals surface area contributed by atoms with Gasteiger partial charge in [0, 0.05) is 0 Å². The summed E-state index contributed by atoms with van der Waals surface area (Å²) in [6, 6.07) is 8.78. The number of benzene rings is 2. The molecule has 0 atom stereocenters. The van der Waals surface area contributed by atoms with Crippen molar-refractivity contribution in [2.24, 2.45) is 0 Å². The molecule has 0 fully saturated rings. The van der Waals surface area contributed by atoms with Crippen LogP contribution in [0, 0.1) is 13.8 Å². The van der Waals surface area contributed by atoms with Gasteiger partial charge in [0.15, 0.2) is 11.5 Å². The summed E-state index contributed by atoms with van der Waals surface area (Å²) in [6.07, 6.45) is 0. The van der Waals surface area contributed by atoms with Gasteiger partial charge in [-0.15, -0.1) is 0 Å². The number of anilines is 1. The van der Waals surface area contributed by atoms with Crippen molar-refractivity contribution in [1.29, 1.82) is 0 Å². The third-order valence-electron chi connectivity index (χ3n) is 3.68. The first-order chi connectivity index (χ1) is 12.5. The highest BCUT2D eigenvalue weighted by molar-refractivity contribution is 6.34. The van der Waals surface area contributed by atoms with Crippen molar-refractivity contribution in [2.45, 2.75) is 13.8 Å². The minimum absolute atomic E-state index is 0.275. The van der Waals surface area contributed by atoms with Crippen LogP contribution >= 0.6 is 11.6 Å². The second-order valence-corrected chi connectivity index (χ2v) is 6.07. The van der Waals surface area contributed by atoms with E-state index in [2.05, 4.69) is 10.6 Å². The van der Waals surface area contributed by atoms with Crippen LogP contribution in [-0.2, 0) is 0 Å². The van der Waals surface area contributed by atoms with Gasteiger partial charge in [-0.05, 0) is 43.2 Å². The predicted octanol–water partition coefficient (Wildman–Crippen LogP) is 4.17. The number of halogens is 1. The molecule has 0 spiro atoms. The van der Waals surface area contributed by atoms with Gasteiger partial charge in [0.1, 0.15) is 6.61 Å². The first-order valence-electron chi connectivity index (χ1n) is 8.11. The lowest BCUT2D eigenvalue weighted by atomic mass is 10.1. The van der Waals surface area contributed by atoms with Crippen LogP contribution in [0.5, 0.6) is 17.2 Å². The highest BCUT2D eigenvalue weighted by Gasteiger charge is 2.11. The maximum atomic E-state index is 12.1. The first kappa shape index (κ1) is 19.7. The summed E-state index contributed by atoms with van der Waals surface area (Å²) < 4.78 is 16.2. The number of carbonyl (C=O) groups is 1. The van der Waals surface area contributed by atoms with Gasteiger partial charge in [0.2, 0.25) is 5.75 Å². The van der Waals surface area contributed by atoms with E-state index >= 15 is 0 Å². The predicted molar refractivity (Wildman–Crippen MR) is 103 cm³/mol. The zero-order chi connectivity index (χ0) is 19.1. The van der Waals surface area contributed by atoms with Gasteiger partial charge in [-0.1, -0.05) is 23.7 Å². The fraction of sp³-hybridized carbons (Fsp3) is 0.316. The third-order valence-corrected chi connectivity index (χ3v) is 3.98. The van der Waals surface area contributed by atoms with Gasteiger partial charge in [-0.25, -0.2) is 4.79 Å². The molecule has 0 bridgehead atoms. The number of rotatable bonds is 7. The summed E-state index contributed by atoms with van der Waals surface area (Å²) >= 11 is 6.19. The van der Waals surface area contributed by atoms with Crippen molar-refractivity contribution in [1.82, 2.24) is 5.32 Å². The molecule has 0 saturated carbocycles. The van der Waals surface area contributed by atoms with E-state index in [9.17, 15) is 4.79 Å². The lowest BCUT2D eigenvalue weighted by Crippen LogP contribution is -2.32. The zero-order valence-electron chi connectivity index (χ0n) is 15.3. The summed E-state index contributed by atoms with van der Waals surface area (Å²) in [5.41, 5.74) is 2.55. The Morgan fingerprint density at radius 3 is 2.50 bits per heavy atom. The Hall–Kier alpha value is -2.60. The lowest BCUT2D eigenvalue weighted by Gasteiger charge is -2.14. The molecule has 0 aliphatic rings. The standard InChI is InChI=1S/C19H23ClN2O4/c1-12-10-13(2)17(14(20)11-12)22-19(23)21-8-9-26-16-7-5-6-15(24-3)18(16)25-4/h5-7,10-11H,8-9H2,1-4H3,(H2,21,22,23). The maximum Gasteiger partial charge on any atom is 0.319 e. The highest BCUT2D eigenvalue weighted by Crippen LogP contribution is 2.36. The average molecular weight is 379 g/mol. The highest BCUT2D eigenvalue weighted by atomic mass is 35.5. The molecule has 2 rings (SSSR count). The number of para-hydroxylation sites is 1. The molecule has 2 aromatic rings. The third kappa shape index (κ3) is 4.95. The van der Waals surface area contributed by atoms with E-state index in [1.807, 2.05) is 26.0 Å². The second-order valence-electron chi connectivity index (χ2n) is 5.66. The van der Waals surface area contributed by atoms with Crippen LogP contribution in [0.4, 0.5) is 10.5 Å².